The van der Waals surface area contributed by atoms with Crippen LogP contribution in [0.25, 0.3) is 22.1 Å². The van der Waals surface area contributed by atoms with Gasteiger partial charge in [0, 0.05) is 16.7 Å². The van der Waals surface area contributed by atoms with Gasteiger partial charge >= 0.3 is 0 Å². The molecular formula is C14H17N5S. The van der Waals surface area contributed by atoms with Crippen molar-refractivity contribution in [1.29, 1.82) is 0 Å². The molecule has 0 unspecified atom stereocenters. The number of aromatic amines is 1. The van der Waals surface area contributed by atoms with Gasteiger partial charge in [-0.05, 0) is 33.1 Å². The first-order chi connectivity index (χ1) is 9.74. The standard InChI is InChI=1S/C14H17N5S/c1-19(2)8-5-9-20-14-16-13-12(17-18-14)10-6-3-4-7-11(10)15-13/h3-4,6-7H,5,8-9H2,1-2H3,(H,15,16,18). The maximum Gasteiger partial charge on any atom is 0.211 e. The average Bonchev–Trinajstić information content (AvgIpc) is 2.81. The fourth-order valence-electron chi connectivity index (χ4n) is 2.11. The maximum atomic E-state index is 4.55. The van der Waals surface area contributed by atoms with Gasteiger partial charge in [0.25, 0.3) is 0 Å². The molecule has 0 radical (unpaired) electrons. The van der Waals surface area contributed by atoms with E-state index in [0.29, 0.717) is 0 Å². The van der Waals surface area contributed by atoms with Crippen LogP contribution in [0.1, 0.15) is 6.42 Å². The van der Waals surface area contributed by atoms with Crippen molar-refractivity contribution >= 4 is 33.8 Å². The predicted octanol–water partition coefficient (Wildman–Crippen LogP) is 2.55. The lowest BCUT2D eigenvalue weighted by atomic mass is 10.2. The van der Waals surface area contributed by atoms with Crippen LogP contribution in [0, 0.1) is 0 Å². The Balaban J connectivity index is 1.78. The lowest BCUT2D eigenvalue weighted by molar-refractivity contribution is 0.410. The van der Waals surface area contributed by atoms with E-state index >= 15 is 0 Å². The minimum Gasteiger partial charge on any atom is -0.338 e. The van der Waals surface area contributed by atoms with E-state index in [9.17, 15) is 0 Å². The number of hydrogen-bond donors (Lipinski definition) is 1. The van der Waals surface area contributed by atoms with E-state index in [4.69, 9.17) is 0 Å². The van der Waals surface area contributed by atoms with Gasteiger partial charge in [-0.3, -0.25) is 0 Å². The summed E-state index contributed by atoms with van der Waals surface area (Å²) in [6.07, 6.45) is 1.12. The monoisotopic (exact) mass is 287 g/mol. The number of H-pyrrole nitrogens is 1. The Morgan fingerprint density at radius 2 is 2.05 bits per heavy atom. The summed E-state index contributed by atoms with van der Waals surface area (Å²) in [5.41, 5.74) is 2.72. The molecule has 0 aliphatic rings. The quantitative estimate of drug-likeness (QED) is 0.577. The molecule has 0 amide bonds. The molecule has 2 aromatic heterocycles. The zero-order valence-electron chi connectivity index (χ0n) is 11.6. The molecule has 1 aromatic carbocycles. The predicted molar refractivity (Wildman–Crippen MR) is 83.1 cm³/mol. The molecule has 3 rings (SSSR count). The number of rotatable bonds is 5. The number of nitrogens with zero attached hydrogens (tertiary/aromatic N) is 4. The van der Waals surface area contributed by atoms with Crippen LogP contribution >= 0.6 is 11.8 Å². The van der Waals surface area contributed by atoms with Crippen molar-refractivity contribution < 1.29 is 0 Å². The van der Waals surface area contributed by atoms with Crippen LogP contribution < -0.4 is 0 Å². The number of aromatic nitrogens is 4. The van der Waals surface area contributed by atoms with Crippen molar-refractivity contribution in [2.75, 3.05) is 26.4 Å². The van der Waals surface area contributed by atoms with E-state index in [-0.39, 0.29) is 0 Å². The minimum atomic E-state index is 0.739. The molecule has 0 bridgehead atoms. The summed E-state index contributed by atoms with van der Waals surface area (Å²) in [6.45, 7) is 1.08. The van der Waals surface area contributed by atoms with Crippen molar-refractivity contribution in [3.8, 4) is 0 Å². The van der Waals surface area contributed by atoms with E-state index in [2.05, 4.69) is 39.2 Å². The summed E-state index contributed by atoms with van der Waals surface area (Å²) in [5, 5.41) is 10.3. The topological polar surface area (TPSA) is 57.7 Å². The highest BCUT2D eigenvalue weighted by Crippen LogP contribution is 2.23. The van der Waals surface area contributed by atoms with E-state index in [0.717, 1.165) is 45.9 Å². The van der Waals surface area contributed by atoms with Gasteiger partial charge in [0.15, 0.2) is 5.65 Å². The number of fused-ring (bicyclic) bond motifs is 3. The molecule has 1 N–H and O–H groups in total. The van der Waals surface area contributed by atoms with Crippen LogP contribution in [0.3, 0.4) is 0 Å². The minimum absolute atomic E-state index is 0.739. The Morgan fingerprint density at radius 1 is 1.20 bits per heavy atom. The lowest BCUT2D eigenvalue weighted by Crippen LogP contribution is -2.13. The third-order valence-electron chi connectivity index (χ3n) is 3.08. The second kappa shape index (κ2) is 5.76. The number of nitrogens with one attached hydrogen (secondary N) is 1. The summed E-state index contributed by atoms with van der Waals surface area (Å²) in [6, 6.07) is 8.07. The molecule has 104 valence electrons. The summed E-state index contributed by atoms with van der Waals surface area (Å²) in [4.78, 5) is 10.0. The Hall–Kier alpha value is -1.66. The molecule has 20 heavy (non-hydrogen) atoms. The van der Waals surface area contributed by atoms with Crippen molar-refractivity contribution in [1.82, 2.24) is 25.1 Å². The van der Waals surface area contributed by atoms with Crippen LogP contribution in [0.5, 0.6) is 0 Å². The molecule has 0 spiro atoms. The fourth-order valence-corrected chi connectivity index (χ4v) is 2.82. The molecule has 0 fully saturated rings. The van der Waals surface area contributed by atoms with Crippen LogP contribution in [-0.2, 0) is 0 Å². The Morgan fingerprint density at radius 3 is 2.90 bits per heavy atom. The van der Waals surface area contributed by atoms with Gasteiger partial charge in [-0.25, -0.2) is 4.98 Å². The van der Waals surface area contributed by atoms with Gasteiger partial charge in [-0.1, -0.05) is 30.0 Å². The second-order valence-corrected chi connectivity index (χ2v) is 6.03. The number of para-hydroxylation sites is 1. The third-order valence-corrected chi connectivity index (χ3v) is 4.01. The average molecular weight is 287 g/mol. The zero-order valence-corrected chi connectivity index (χ0v) is 12.4. The first-order valence-electron chi connectivity index (χ1n) is 6.63. The molecule has 0 aliphatic heterocycles. The van der Waals surface area contributed by atoms with Crippen LogP contribution in [0.15, 0.2) is 29.4 Å². The third kappa shape index (κ3) is 2.76. The van der Waals surface area contributed by atoms with Crippen molar-refractivity contribution in [3.05, 3.63) is 24.3 Å². The molecular weight excluding hydrogens is 270 g/mol. The van der Waals surface area contributed by atoms with Gasteiger partial charge in [0.1, 0.15) is 5.52 Å². The number of hydrogen-bond acceptors (Lipinski definition) is 5. The fraction of sp³-hybridized carbons (Fsp3) is 0.357. The van der Waals surface area contributed by atoms with E-state index < -0.39 is 0 Å². The highest BCUT2D eigenvalue weighted by atomic mass is 32.2. The van der Waals surface area contributed by atoms with Crippen molar-refractivity contribution in [2.45, 2.75) is 11.6 Å². The lowest BCUT2D eigenvalue weighted by Gasteiger charge is -2.07. The van der Waals surface area contributed by atoms with E-state index in [1.165, 1.54) is 0 Å². The van der Waals surface area contributed by atoms with Crippen LogP contribution in [-0.4, -0.2) is 51.5 Å². The summed E-state index contributed by atoms with van der Waals surface area (Å²) < 4.78 is 0. The summed E-state index contributed by atoms with van der Waals surface area (Å²) >= 11 is 1.66. The van der Waals surface area contributed by atoms with Gasteiger partial charge in [0.05, 0.1) is 0 Å². The maximum absolute atomic E-state index is 4.55. The number of thioether (sulfide) groups is 1. The largest absolute Gasteiger partial charge is 0.338 e. The zero-order chi connectivity index (χ0) is 13.9. The van der Waals surface area contributed by atoms with Crippen LogP contribution in [0.2, 0.25) is 0 Å². The smallest absolute Gasteiger partial charge is 0.211 e. The first-order valence-corrected chi connectivity index (χ1v) is 7.61. The molecule has 0 saturated heterocycles. The molecule has 5 nitrogen and oxygen atoms in total. The summed E-state index contributed by atoms with van der Waals surface area (Å²) in [5.74, 6) is 1.01. The first kappa shape index (κ1) is 13.3. The normalized spacial score (nSPS) is 11.8. The van der Waals surface area contributed by atoms with E-state index in [1.807, 2.05) is 24.3 Å². The number of benzene rings is 1. The SMILES string of the molecule is CN(C)CCCSc1nnc2c(n1)[nH]c1ccccc12. The van der Waals surface area contributed by atoms with Crippen LogP contribution in [0.4, 0.5) is 0 Å². The molecule has 2 heterocycles. The second-order valence-electron chi connectivity index (χ2n) is 4.97. The van der Waals surface area contributed by atoms with E-state index in [1.54, 1.807) is 11.8 Å². The molecule has 0 saturated carbocycles. The summed E-state index contributed by atoms with van der Waals surface area (Å²) in [7, 11) is 4.17. The molecule has 3 aromatic rings. The Kier molecular flexibility index (Phi) is 3.84. The van der Waals surface area contributed by atoms with Gasteiger partial charge in [0.2, 0.25) is 5.16 Å². The molecule has 6 heteroatoms. The Bertz CT molecular complexity index is 722. The highest BCUT2D eigenvalue weighted by molar-refractivity contribution is 7.99. The Labute approximate surface area is 121 Å². The van der Waals surface area contributed by atoms with Gasteiger partial charge < -0.3 is 9.88 Å². The van der Waals surface area contributed by atoms with Gasteiger partial charge in [-0.15, -0.1) is 10.2 Å². The van der Waals surface area contributed by atoms with Crippen molar-refractivity contribution in [2.24, 2.45) is 0 Å². The molecule has 0 atom stereocenters. The molecule has 0 aliphatic carbocycles. The van der Waals surface area contributed by atoms with Crippen molar-refractivity contribution in [3.63, 3.8) is 0 Å². The highest BCUT2D eigenvalue weighted by Gasteiger charge is 2.08. The van der Waals surface area contributed by atoms with Gasteiger partial charge in [-0.2, -0.15) is 0 Å².